The van der Waals surface area contributed by atoms with Crippen LogP contribution in [0.2, 0.25) is 0 Å². The second-order valence-corrected chi connectivity index (χ2v) is 9.33. The average Bonchev–Trinajstić information content (AvgIpc) is 3.24. The molecule has 2 saturated carbocycles. The van der Waals surface area contributed by atoms with E-state index in [2.05, 4.69) is 49.9 Å². The molecule has 4 heterocycles. The van der Waals surface area contributed by atoms with Crippen LogP contribution in [0.4, 0.5) is 4.39 Å². The van der Waals surface area contributed by atoms with Crippen molar-refractivity contribution < 1.29 is 4.39 Å². The van der Waals surface area contributed by atoms with Crippen molar-refractivity contribution in [3.63, 3.8) is 0 Å². The molecule has 7 rings (SSSR count). The van der Waals surface area contributed by atoms with Gasteiger partial charge < -0.3 is 14.7 Å². The maximum absolute atomic E-state index is 13.7. The Bertz CT molecular complexity index is 1470. The number of H-pyrrole nitrogens is 1. The van der Waals surface area contributed by atoms with Gasteiger partial charge >= 0.3 is 0 Å². The summed E-state index contributed by atoms with van der Waals surface area (Å²) in [7, 11) is 0. The zero-order valence-electron chi connectivity index (χ0n) is 17.4. The van der Waals surface area contributed by atoms with Crippen LogP contribution in [-0.2, 0) is 13.1 Å². The van der Waals surface area contributed by atoms with Gasteiger partial charge in [-0.2, -0.15) is 0 Å². The van der Waals surface area contributed by atoms with Crippen LogP contribution in [0.15, 0.2) is 61.3 Å². The quantitative estimate of drug-likeness (QED) is 0.415. The van der Waals surface area contributed by atoms with Crippen LogP contribution >= 0.6 is 0 Å². The summed E-state index contributed by atoms with van der Waals surface area (Å²) in [4.78, 5) is 7.70. The van der Waals surface area contributed by atoms with E-state index in [0.29, 0.717) is 6.54 Å². The lowest BCUT2D eigenvalue weighted by Gasteiger charge is -2.03. The molecule has 0 saturated heterocycles. The standard InChI is InChI=1S/C24H22FN7/c25-24-12-23(24,13-24)14-26-8-18-7-17-4-3-16(6-20(17)28-18)10-32-11-21(29-30-32)19-2-1-5-31-15-27-9-22(19)31/h1-7,9,11,15,26,28H,8,10,12-14H2. The average molecular weight is 427 g/mol. The molecule has 0 atom stereocenters. The van der Waals surface area contributed by atoms with Crippen LogP contribution in [-0.4, -0.2) is 41.6 Å². The molecule has 2 N–H and O–H groups in total. The van der Waals surface area contributed by atoms with E-state index < -0.39 is 5.67 Å². The summed E-state index contributed by atoms with van der Waals surface area (Å²) in [6.07, 6.45) is 9.04. The SMILES string of the molecule is FC12CC1(CNCc1cc3ccc(Cn4cc(-c5cccn6cncc56)nn4)cc3[nH]1)C2. The fourth-order valence-corrected chi connectivity index (χ4v) is 4.93. The van der Waals surface area contributed by atoms with E-state index in [4.69, 9.17) is 0 Å². The first-order valence-corrected chi connectivity index (χ1v) is 10.9. The molecule has 7 nitrogen and oxygen atoms in total. The molecule has 8 heteroatoms. The molecule has 0 spiro atoms. The summed E-state index contributed by atoms with van der Waals surface area (Å²) in [5.41, 5.74) is 5.34. The highest BCUT2D eigenvalue weighted by atomic mass is 19.1. The number of benzene rings is 1. The topological polar surface area (TPSA) is 75.8 Å². The van der Waals surface area contributed by atoms with Gasteiger partial charge in [-0.05, 0) is 48.1 Å². The molecule has 2 fully saturated rings. The minimum absolute atomic E-state index is 0.0353. The lowest BCUT2D eigenvalue weighted by molar-refractivity contribution is 0.389. The summed E-state index contributed by atoms with van der Waals surface area (Å²) in [6, 6.07) is 12.6. The number of alkyl halides is 1. The van der Waals surface area contributed by atoms with Crippen LogP contribution in [0.3, 0.4) is 0 Å². The van der Waals surface area contributed by atoms with E-state index in [1.165, 1.54) is 5.39 Å². The van der Waals surface area contributed by atoms with Gasteiger partial charge in [0.2, 0.25) is 0 Å². The van der Waals surface area contributed by atoms with E-state index in [1.54, 1.807) is 6.33 Å². The van der Waals surface area contributed by atoms with Crippen molar-refractivity contribution in [2.75, 3.05) is 6.54 Å². The number of fused-ring (bicyclic) bond motifs is 3. The van der Waals surface area contributed by atoms with Crippen LogP contribution in [0.25, 0.3) is 27.7 Å². The molecule has 1 aromatic carbocycles. The molecule has 0 bridgehead atoms. The largest absolute Gasteiger partial charge is 0.357 e. The molecule has 32 heavy (non-hydrogen) atoms. The molecule has 0 aliphatic heterocycles. The monoisotopic (exact) mass is 427 g/mol. The summed E-state index contributed by atoms with van der Waals surface area (Å²) < 4.78 is 17.6. The van der Waals surface area contributed by atoms with Gasteiger partial charge in [-0.25, -0.2) is 14.1 Å². The van der Waals surface area contributed by atoms with Crippen LogP contribution in [0.5, 0.6) is 0 Å². The molecule has 4 aromatic heterocycles. The molecule has 2 aliphatic carbocycles. The predicted molar refractivity (Wildman–Crippen MR) is 119 cm³/mol. The Labute approximate surface area is 183 Å². The number of aromatic amines is 1. The molecule has 160 valence electrons. The number of nitrogens with zero attached hydrogens (tertiary/aromatic N) is 5. The highest BCUT2D eigenvalue weighted by Gasteiger charge is 2.84. The van der Waals surface area contributed by atoms with E-state index in [0.717, 1.165) is 59.5 Å². The third kappa shape index (κ3) is 2.79. The number of hydrogen-bond donors (Lipinski definition) is 2. The van der Waals surface area contributed by atoms with Crippen LogP contribution < -0.4 is 5.32 Å². The number of hydrogen-bond acceptors (Lipinski definition) is 4. The van der Waals surface area contributed by atoms with Crippen molar-refractivity contribution in [3.05, 3.63) is 72.6 Å². The van der Waals surface area contributed by atoms with Crippen molar-refractivity contribution >= 4 is 16.4 Å². The molecule has 0 radical (unpaired) electrons. The van der Waals surface area contributed by atoms with Crippen molar-refractivity contribution in [1.29, 1.82) is 0 Å². The van der Waals surface area contributed by atoms with Gasteiger partial charge in [0.1, 0.15) is 11.4 Å². The Balaban J connectivity index is 1.07. The first-order valence-electron chi connectivity index (χ1n) is 10.9. The van der Waals surface area contributed by atoms with E-state index in [9.17, 15) is 4.39 Å². The maximum atomic E-state index is 13.7. The second-order valence-electron chi connectivity index (χ2n) is 9.33. The predicted octanol–water partition coefficient (Wildman–Crippen LogP) is 3.71. The summed E-state index contributed by atoms with van der Waals surface area (Å²) in [5, 5.41) is 13.3. The van der Waals surface area contributed by atoms with Crippen molar-refractivity contribution in [3.8, 4) is 11.3 Å². The fraction of sp³-hybridized carbons (Fsp3) is 0.292. The Morgan fingerprint density at radius 3 is 2.97 bits per heavy atom. The van der Waals surface area contributed by atoms with Gasteiger partial charge in [-0.3, -0.25) is 0 Å². The Hall–Kier alpha value is -3.52. The minimum Gasteiger partial charge on any atom is -0.357 e. The smallest absolute Gasteiger partial charge is 0.119 e. The number of nitrogens with one attached hydrogen (secondary N) is 2. The zero-order valence-corrected chi connectivity index (χ0v) is 17.4. The first kappa shape index (κ1) is 18.1. The van der Waals surface area contributed by atoms with Crippen molar-refractivity contribution in [1.82, 2.24) is 34.7 Å². The van der Waals surface area contributed by atoms with Gasteiger partial charge in [0.15, 0.2) is 0 Å². The molecular formula is C24H22FN7. The Morgan fingerprint density at radius 1 is 1.19 bits per heavy atom. The number of aromatic nitrogens is 6. The van der Waals surface area contributed by atoms with Gasteiger partial charge in [-0.1, -0.05) is 17.3 Å². The Morgan fingerprint density at radius 2 is 2.09 bits per heavy atom. The summed E-state index contributed by atoms with van der Waals surface area (Å²) >= 11 is 0. The number of halogens is 1. The first-order chi connectivity index (χ1) is 15.6. The third-order valence-electron chi connectivity index (χ3n) is 7.07. The van der Waals surface area contributed by atoms with E-state index in [-0.39, 0.29) is 5.41 Å². The molecule has 5 aromatic rings. The van der Waals surface area contributed by atoms with Gasteiger partial charge in [-0.15, -0.1) is 5.10 Å². The van der Waals surface area contributed by atoms with Gasteiger partial charge in [0.25, 0.3) is 0 Å². The maximum Gasteiger partial charge on any atom is 0.119 e. The van der Waals surface area contributed by atoms with Crippen molar-refractivity contribution in [2.45, 2.75) is 31.6 Å². The number of pyridine rings is 1. The van der Waals surface area contributed by atoms with Crippen molar-refractivity contribution in [2.24, 2.45) is 5.41 Å². The fourth-order valence-electron chi connectivity index (χ4n) is 4.93. The normalized spacial score (nSPS) is 23.7. The molecule has 2 aliphatic rings. The summed E-state index contributed by atoms with van der Waals surface area (Å²) in [6.45, 7) is 2.14. The zero-order chi connectivity index (χ0) is 21.3. The molecular weight excluding hydrogens is 405 g/mol. The Kier molecular flexibility index (Phi) is 3.54. The second kappa shape index (κ2) is 6.26. The lowest BCUT2D eigenvalue weighted by atomic mass is 10.1. The molecule has 0 unspecified atom stereocenters. The third-order valence-corrected chi connectivity index (χ3v) is 7.07. The minimum atomic E-state index is -0.831. The number of rotatable bonds is 7. The summed E-state index contributed by atoms with van der Waals surface area (Å²) in [5.74, 6) is 0. The van der Waals surface area contributed by atoms with E-state index >= 15 is 0 Å². The highest BCUT2D eigenvalue weighted by Crippen LogP contribution is 2.80. The van der Waals surface area contributed by atoms with Crippen LogP contribution in [0, 0.1) is 5.41 Å². The number of imidazole rings is 1. The lowest BCUT2D eigenvalue weighted by Crippen LogP contribution is -2.19. The van der Waals surface area contributed by atoms with Gasteiger partial charge in [0.05, 0.1) is 30.8 Å². The highest BCUT2D eigenvalue weighted by molar-refractivity contribution is 5.81. The van der Waals surface area contributed by atoms with E-state index in [1.807, 2.05) is 39.8 Å². The van der Waals surface area contributed by atoms with Gasteiger partial charge in [0, 0.05) is 41.5 Å². The van der Waals surface area contributed by atoms with Crippen LogP contribution in [0.1, 0.15) is 24.1 Å². The molecule has 0 amide bonds.